The minimum Gasteiger partial charge on any atom is -0.282 e. The summed E-state index contributed by atoms with van der Waals surface area (Å²) in [6, 6.07) is 0. The first-order valence-electron chi connectivity index (χ1n) is 6.08. The maximum Gasteiger partial charge on any atom is 0.242 e. The van der Waals surface area contributed by atoms with Crippen LogP contribution in [0.3, 0.4) is 0 Å². The van der Waals surface area contributed by atoms with Crippen LogP contribution in [0.15, 0.2) is 5.10 Å². The summed E-state index contributed by atoms with van der Waals surface area (Å²) in [5.74, 6) is -0.524. The summed E-state index contributed by atoms with van der Waals surface area (Å²) < 4.78 is 0. The first-order valence-corrected chi connectivity index (χ1v) is 6.08. The van der Waals surface area contributed by atoms with Crippen LogP contribution >= 0.6 is 0 Å². The molecule has 0 atom stereocenters. The van der Waals surface area contributed by atoms with Crippen LogP contribution in [0.25, 0.3) is 0 Å². The van der Waals surface area contributed by atoms with Gasteiger partial charge in [0.05, 0.1) is 0 Å². The van der Waals surface area contributed by atoms with Gasteiger partial charge in [0, 0.05) is 37.4 Å². The number of nitrogens with zero attached hydrogens (tertiary/aromatic N) is 2. The van der Waals surface area contributed by atoms with Gasteiger partial charge in [-0.2, -0.15) is 5.10 Å². The fourth-order valence-corrected chi connectivity index (χ4v) is 1.48. The van der Waals surface area contributed by atoms with Crippen LogP contribution in [0.4, 0.5) is 0 Å². The van der Waals surface area contributed by atoms with Crippen molar-refractivity contribution < 1.29 is 14.4 Å². The van der Waals surface area contributed by atoms with Gasteiger partial charge in [-0.1, -0.05) is 13.8 Å². The number of carbonyl (C=O) groups is 3. The molecule has 0 saturated carbocycles. The van der Waals surface area contributed by atoms with E-state index in [1.807, 2.05) is 0 Å². The van der Waals surface area contributed by atoms with Crippen molar-refractivity contribution in [1.82, 2.24) is 10.3 Å². The topological polar surface area (TPSA) is 78.8 Å². The Hall–Kier alpha value is -1.72. The molecule has 0 unspecified atom stereocenters. The van der Waals surface area contributed by atoms with Crippen LogP contribution in [0.2, 0.25) is 0 Å². The van der Waals surface area contributed by atoms with Crippen molar-refractivity contribution in [2.24, 2.45) is 11.0 Å². The van der Waals surface area contributed by atoms with E-state index in [1.165, 1.54) is 4.90 Å². The Labute approximate surface area is 106 Å². The van der Waals surface area contributed by atoms with Crippen LogP contribution in [0.5, 0.6) is 0 Å². The molecule has 100 valence electrons. The molecule has 0 bridgehead atoms. The summed E-state index contributed by atoms with van der Waals surface area (Å²) in [6.07, 6.45) is 1.09. The summed E-state index contributed by atoms with van der Waals surface area (Å²) in [4.78, 5) is 35.2. The second-order valence-electron chi connectivity index (χ2n) is 4.67. The average Bonchev–Trinajstić information content (AvgIpc) is 2.63. The SMILES string of the molecule is C/C(CCN1C(=O)CCC1=O)=N\NC(=O)C(C)C. The molecule has 6 nitrogen and oxygen atoms in total. The van der Waals surface area contributed by atoms with Gasteiger partial charge >= 0.3 is 0 Å². The van der Waals surface area contributed by atoms with E-state index in [1.54, 1.807) is 20.8 Å². The van der Waals surface area contributed by atoms with Crippen molar-refractivity contribution in [3.8, 4) is 0 Å². The number of nitrogens with one attached hydrogen (secondary N) is 1. The lowest BCUT2D eigenvalue weighted by Crippen LogP contribution is -2.31. The zero-order chi connectivity index (χ0) is 13.7. The van der Waals surface area contributed by atoms with Gasteiger partial charge in [0.15, 0.2) is 0 Å². The van der Waals surface area contributed by atoms with Gasteiger partial charge in [0.25, 0.3) is 0 Å². The monoisotopic (exact) mass is 253 g/mol. The highest BCUT2D eigenvalue weighted by Gasteiger charge is 2.28. The number of rotatable bonds is 5. The van der Waals surface area contributed by atoms with Gasteiger partial charge in [0.2, 0.25) is 17.7 Å². The van der Waals surface area contributed by atoms with E-state index in [4.69, 9.17) is 0 Å². The van der Waals surface area contributed by atoms with E-state index in [0.29, 0.717) is 31.5 Å². The van der Waals surface area contributed by atoms with Crippen molar-refractivity contribution in [3.63, 3.8) is 0 Å². The molecule has 0 aromatic heterocycles. The third-order valence-corrected chi connectivity index (χ3v) is 2.73. The van der Waals surface area contributed by atoms with Crippen molar-refractivity contribution in [1.29, 1.82) is 0 Å². The number of carbonyl (C=O) groups excluding carboxylic acids is 3. The second kappa shape index (κ2) is 6.28. The highest BCUT2D eigenvalue weighted by Crippen LogP contribution is 2.11. The van der Waals surface area contributed by atoms with Crippen LogP contribution in [0, 0.1) is 5.92 Å². The zero-order valence-electron chi connectivity index (χ0n) is 11.0. The quantitative estimate of drug-likeness (QED) is 0.444. The fourth-order valence-electron chi connectivity index (χ4n) is 1.48. The van der Waals surface area contributed by atoms with Gasteiger partial charge in [-0.05, 0) is 6.92 Å². The Bertz CT molecular complexity index is 372. The number of hydrazone groups is 1. The second-order valence-corrected chi connectivity index (χ2v) is 4.67. The Morgan fingerprint density at radius 3 is 2.39 bits per heavy atom. The maximum atomic E-state index is 11.3. The third-order valence-electron chi connectivity index (χ3n) is 2.73. The molecule has 0 aliphatic carbocycles. The van der Waals surface area contributed by atoms with Gasteiger partial charge in [-0.15, -0.1) is 0 Å². The highest BCUT2D eigenvalue weighted by molar-refractivity contribution is 6.02. The molecule has 0 aromatic carbocycles. The number of hydrogen-bond acceptors (Lipinski definition) is 4. The third kappa shape index (κ3) is 3.94. The summed E-state index contributed by atoms with van der Waals surface area (Å²) in [5.41, 5.74) is 3.13. The normalized spacial score (nSPS) is 16.7. The lowest BCUT2D eigenvalue weighted by molar-refractivity contribution is -0.138. The first-order chi connectivity index (χ1) is 8.41. The fraction of sp³-hybridized carbons (Fsp3) is 0.667. The van der Waals surface area contributed by atoms with Crippen molar-refractivity contribution in [2.75, 3.05) is 6.54 Å². The van der Waals surface area contributed by atoms with Gasteiger partial charge in [-0.25, -0.2) is 5.43 Å². The molecule has 0 aromatic rings. The molecule has 1 heterocycles. The number of likely N-dealkylation sites (tertiary alicyclic amines) is 1. The predicted octanol–water partition coefficient (Wildman–Crippen LogP) is 0.674. The maximum absolute atomic E-state index is 11.3. The Balaban J connectivity index is 2.39. The van der Waals surface area contributed by atoms with Gasteiger partial charge in [0.1, 0.15) is 0 Å². The Morgan fingerprint density at radius 1 is 1.33 bits per heavy atom. The summed E-state index contributed by atoms with van der Waals surface area (Å²) in [6.45, 7) is 5.65. The zero-order valence-corrected chi connectivity index (χ0v) is 11.0. The molecule has 1 fully saturated rings. The lowest BCUT2D eigenvalue weighted by Gasteiger charge is -2.13. The Morgan fingerprint density at radius 2 is 1.89 bits per heavy atom. The predicted molar refractivity (Wildman–Crippen MR) is 66.7 cm³/mol. The van der Waals surface area contributed by atoms with Gasteiger partial charge < -0.3 is 0 Å². The molecule has 1 aliphatic heterocycles. The molecule has 0 spiro atoms. The summed E-state index contributed by atoms with van der Waals surface area (Å²) in [5, 5.41) is 3.92. The molecule has 1 aliphatic rings. The largest absolute Gasteiger partial charge is 0.282 e. The van der Waals surface area contributed by atoms with Crippen LogP contribution in [0.1, 0.15) is 40.0 Å². The molecule has 0 radical (unpaired) electrons. The highest BCUT2D eigenvalue weighted by atomic mass is 16.2. The minimum absolute atomic E-state index is 0.122. The standard InChI is InChI=1S/C12H19N3O3/c1-8(2)12(18)14-13-9(3)6-7-15-10(16)4-5-11(15)17/h8H,4-7H2,1-3H3,(H,14,18)/b13-9+. The molecule has 1 rings (SSSR count). The number of imide groups is 1. The molecule has 1 N–H and O–H groups in total. The minimum atomic E-state index is -0.150. The van der Waals surface area contributed by atoms with Crippen LogP contribution < -0.4 is 5.43 Å². The molecule has 3 amide bonds. The summed E-state index contributed by atoms with van der Waals surface area (Å²) >= 11 is 0. The van der Waals surface area contributed by atoms with E-state index >= 15 is 0 Å². The molecular weight excluding hydrogens is 234 g/mol. The molecule has 18 heavy (non-hydrogen) atoms. The number of hydrogen-bond donors (Lipinski definition) is 1. The van der Waals surface area contributed by atoms with E-state index in [2.05, 4.69) is 10.5 Å². The van der Waals surface area contributed by atoms with Crippen LogP contribution in [-0.2, 0) is 14.4 Å². The summed E-state index contributed by atoms with van der Waals surface area (Å²) in [7, 11) is 0. The van der Waals surface area contributed by atoms with Crippen LogP contribution in [-0.4, -0.2) is 34.9 Å². The van der Waals surface area contributed by atoms with Crippen molar-refractivity contribution >= 4 is 23.4 Å². The number of amides is 3. The van der Waals surface area contributed by atoms with E-state index in [0.717, 1.165) is 0 Å². The Kier molecular flexibility index (Phi) is 5.00. The lowest BCUT2D eigenvalue weighted by atomic mass is 10.2. The van der Waals surface area contributed by atoms with E-state index in [9.17, 15) is 14.4 Å². The van der Waals surface area contributed by atoms with Crippen molar-refractivity contribution in [2.45, 2.75) is 40.0 Å². The molecular formula is C12H19N3O3. The van der Waals surface area contributed by atoms with Gasteiger partial charge in [-0.3, -0.25) is 19.3 Å². The van der Waals surface area contributed by atoms with E-state index < -0.39 is 0 Å². The van der Waals surface area contributed by atoms with Crippen molar-refractivity contribution in [3.05, 3.63) is 0 Å². The first kappa shape index (κ1) is 14.3. The average molecular weight is 253 g/mol. The van der Waals surface area contributed by atoms with E-state index in [-0.39, 0.29) is 23.6 Å². The molecule has 6 heteroatoms. The smallest absolute Gasteiger partial charge is 0.242 e. The molecule has 1 saturated heterocycles.